The van der Waals surface area contributed by atoms with Gasteiger partial charge >= 0.3 is 0 Å². The molecule has 110 valence electrons. The minimum atomic E-state index is -0.304. The van der Waals surface area contributed by atoms with Crippen molar-refractivity contribution in [2.45, 2.75) is 32.1 Å². The summed E-state index contributed by atoms with van der Waals surface area (Å²) in [6.07, 6.45) is 4.43. The number of nitrogens with zero attached hydrogens (tertiary/aromatic N) is 2. The number of carbonyl (C=O) groups is 2. The second-order valence-corrected chi connectivity index (χ2v) is 5.08. The highest BCUT2D eigenvalue weighted by atomic mass is 16.2. The summed E-state index contributed by atoms with van der Waals surface area (Å²) in [5, 5.41) is 0. The van der Waals surface area contributed by atoms with E-state index in [1.54, 1.807) is 0 Å². The summed E-state index contributed by atoms with van der Waals surface area (Å²) in [4.78, 5) is 26.8. The molecule has 0 aromatic heterocycles. The van der Waals surface area contributed by atoms with E-state index in [0.29, 0.717) is 26.1 Å². The molecule has 4 N–H and O–H groups in total. The number of unbranched alkanes of at least 4 members (excludes halogenated alkanes) is 2. The molecule has 0 unspecified atom stereocenters. The third-order valence-electron chi connectivity index (χ3n) is 3.42. The maximum absolute atomic E-state index is 12.0. The average Bonchev–Trinajstić information content (AvgIpc) is 2.59. The topological polar surface area (TPSA) is 92.7 Å². The molecule has 1 aliphatic rings. The predicted octanol–water partition coefficient (Wildman–Crippen LogP) is -0.475. The van der Waals surface area contributed by atoms with Crippen molar-refractivity contribution in [2.75, 3.05) is 39.3 Å². The Morgan fingerprint density at radius 2 is 1.79 bits per heavy atom. The SMILES string of the molecule is NCCCCCC(=O)N1CCCN(CC(N)=O)CC1. The lowest BCUT2D eigenvalue weighted by atomic mass is 10.2. The van der Waals surface area contributed by atoms with E-state index in [0.717, 1.165) is 45.3 Å². The molecule has 6 heteroatoms. The second kappa shape index (κ2) is 8.87. The summed E-state index contributed by atoms with van der Waals surface area (Å²) in [6, 6.07) is 0. The van der Waals surface area contributed by atoms with Crippen molar-refractivity contribution in [1.82, 2.24) is 9.80 Å². The number of carbonyl (C=O) groups excluding carboxylic acids is 2. The maximum Gasteiger partial charge on any atom is 0.231 e. The molecule has 0 bridgehead atoms. The van der Waals surface area contributed by atoms with E-state index in [1.807, 2.05) is 9.80 Å². The first kappa shape index (κ1) is 15.9. The van der Waals surface area contributed by atoms with Crippen LogP contribution in [0.3, 0.4) is 0 Å². The third kappa shape index (κ3) is 6.54. The molecule has 0 saturated carbocycles. The van der Waals surface area contributed by atoms with Crippen molar-refractivity contribution in [3.8, 4) is 0 Å². The normalized spacial score (nSPS) is 17.2. The fraction of sp³-hybridized carbons (Fsp3) is 0.846. The van der Waals surface area contributed by atoms with Gasteiger partial charge < -0.3 is 16.4 Å². The Hall–Kier alpha value is -1.14. The molecular weight excluding hydrogens is 244 g/mol. The van der Waals surface area contributed by atoms with Crippen LogP contribution in [0.2, 0.25) is 0 Å². The Bertz CT molecular complexity index is 296. The summed E-state index contributed by atoms with van der Waals surface area (Å²) in [6.45, 7) is 4.03. The number of hydrogen-bond acceptors (Lipinski definition) is 4. The number of nitrogens with two attached hydrogens (primary N) is 2. The van der Waals surface area contributed by atoms with Gasteiger partial charge in [0, 0.05) is 32.6 Å². The highest BCUT2D eigenvalue weighted by Crippen LogP contribution is 2.07. The summed E-state index contributed by atoms with van der Waals surface area (Å²) in [5.74, 6) is -0.0838. The first-order valence-corrected chi connectivity index (χ1v) is 7.12. The van der Waals surface area contributed by atoms with Gasteiger partial charge in [-0.05, 0) is 25.8 Å². The van der Waals surface area contributed by atoms with Gasteiger partial charge in [-0.2, -0.15) is 0 Å². The highest BCUT2D eigenvalue weighted by Gasteiger charge is 2.19. The van der Waals surface area contributed by atoms with Crippen LogP contribution in [0.15, 0.2) is 0 Å². The molecule has 1 rings (SSSR count). The van der Waals surface area contributed by atoms with E-state index >= 15 is 0 Å². The smallest absolute Gasteiger partial charge is 0.231 e. The monoisotopic (exact) mass is 270 g/mol. The molecule has 1 fully saturated rings. The van der Waals surface area contributed by atoms with Crippen LogP contribution in [-0.4, -0.2) is 60.9 Å². The lowest BCUT2D eigenvalue weighted by molar-refractivity contribution is -0.131. The van der Waals surface area contributed by atoms with Crippen molar-refractivity contribution >= 4 is 11.8 Å². The van der Waals surface area contributed by atoms with Gasteiger partial charge in [0.15, 0.2) is 0 Å². The lowest BCUT2D eigenvalue weighted by Crippen LogP contribution is -2.38. The Kier molecular flexibility index (Phi) is 7.43. The first-order valence-electron chi connectivity index (χ1n) is 7.12. The van der Waals surface area contributed by atoms with E-state index < -0.39 is 0 Å². The van der Waals surface area contributed by atoms with E-state index in [9.17, 15) is 9.59 Å². The lowest BCUT2D eigenvalue weighted by Gasteiger charge is -2.21. The van der Waals surface area contributed by atoms with Gasteiger partial charge in [-0.15, -0.1) is 0 Å². The molecule has 0 aliphatic carbocycles. The first-order chi connectivity index (χ1) is 9.13. The van der Waals surface area contributed by atoms with E-state index in [1.165, 1.54) is 0 Å². The van der Waals surface area contributed by atoms with Crippen LogP contribution < -0.4 is 11.5 Å². The second-order valence-electron chi connectivity index (χ2n) is 5.08. The highest BCUT2D eigenvalue weighted by molar-refractivity contribution is 5.76. The van der Waals surface area contributed by atoms with Gasteiger partial charge in [0.1, 0.15) is 0 Å². The molecule has 0 atom stereocenters. The summed E-state index contributed by atoms with van der Waals surface area (Å²) >= 11 is 0. The number of hydrogen-bond donors (Lipinski definition) is 2. The zero-order chi connectivity index (χ0) is 14.1. The molecule has 0 radical (unpaired) electrons. The quantitative estimate of drug-likeness (QED) is 0.611. The van der Waals surface area contributed by atoms with Crippen LogP contribution in [-0.2, 0) is 9.59 Å². The van der Waals surface area contributed by atoms with E-state index in [4.69, 9.17) is 11.5 Å². The molecule has 0 spiro atoms. The van der Waals surface area contributed by atoms with Gasteiger partial charge in [-0.3, -0.25) is 14.5 Å². The number of rotatable bonds is 7. The van der Waals surface area contributed by atoms with Crippen molar-refractivity contribution in [3.05, 3.63) is 0 Å². The van der Waals surface area contributed by atoms with Crippen LogP contribution in [0.4, 0.5) is 0 Å². The molecule has 0 aromatic carbocycles. The predicted molar refractivity (Wildman–Crippen MR) is 74.4 cm³/mol. The Morgan fingerprint density at radius 3 is 2.47 bits per heavy atom. The van der Waals surface area contributed by atoms with Gasteiger partial charge in [0.05, 0.1) is 6.54 Å². The zero-order valence-electron chi connectivity index (χ0n) is 11.6. The Labute approximate surface area is 115 Å². The molecule has 19 heavy (non-hydrogen) atoms. The fourth-order valence-electron chi connectivity index (χ4n) is 2.35. The maximum atomic E-state index is 12.0. The zero-order valence-corrected chi connectivity index (χ0v) is 11.6. The molecule has 2 amide bonds. The molecular formula is C13H26N4O2. The van der Waals surface area contributed by atoms with Gasteiger partial charge in [0.2, 0.25) is 11.8 Å². The third-order valence-corrected chi connectivity index (χ3v) is 3.42. The summed E-state index contributed by atoms with van der Waals surface area (Å²) in [5.41, 5.74) is 10.6. The van der Waals surface area contributed by atoms with Crippen LogP contribution in [0.1, 0.15) is 32.1 Å². The molecule has 1 saturated heterocycles. The van der Waals surface area contributed by atoms with Crippen molar-refractivity contribution < 1.29 is 9.59 Å². The van der Waals surface area contributed by atoms with Crippen molar-refractivity contribution in [1.29, 1.82) is 0 Å². The van der Waals surface area contributed by atoms with E-state index in [2.05, 4.69) is 0 Å². The standard InChI is InChI=1S/C13H26N4O2/c14-6-3-1-2-5-13(19)17-8-4-7-16(9-10-17)11-12(15)18/h1-11,14H2,(H2,15,18). The Morgan fingerprint density at radius 1 is 1.00 bits per heavy atom. The van der Waals surface area contributed by atoms with Crippen molar-refractivity contribution in [3.63, 3.8) is 0 Å². The van der Waals surface area contributed by atoms with Gasteiger partial charge in [-0.25, -0.2) is 0 Å². The molecule has 1 aliphatic heterocycles. The summed E-state index contributed by atoms with van der Waals surface area (Å²) in [7, 11) is 0. The molecule has 0 aromatic rings. The molecule has 6 nitrogen and oxygen atoms in total. The number of amides is 2. The minimum absolute atomic E-state index is 0.220. The number of primary amides is 1. The van der Waals surface area contributed by atoms with Gasteiger partial charge in [0.25, 0.3) is 0 Å². The van der Waals surface area contributed by atoms with Crippen molar-refractivity contribution in [2.24, 2.45) is 11.5 Å². The van der Waals surface area contributed by atoms with Crippen LogP contribution in [0.5, 0.6) is 0 Å². The van der Waals surface area contributed by atoms with Crippen LogP contribution in [0, 0.1) is 0 Å². The van der Waals surface area contributed by atoms with Crippen LogP contribution >= 0.6 is 0 Å². The Balaban J connectivity index is 2.27. The van der Waals surface area contributed by atoms with E-state index in [-0.39, 0.29) is 11.8 Å². The average molecular weight is 270 g/mol. The van der Waals surface area contributed by atoms with Crippen LogP contribution in [0.25, 0.3) is 0 Å². The summed E-state index contributed by atoms with van der Waals surface area (Å²) < 4.78 is 0. The largest absolute Gasteiger partial charge is 0.369 e. The minimum Gasteiger partial charge on any atom is -0.369 e. The fourth-order valence-corrected chi connectivity index (χ4v) is 2.35. The van der Waals surface area contributed by atoms with Gasteiger partial charge in [-0.1, -0.05) is 6.42 Å². The molecule has 1 heterocycles.